The summed E-state index contributed by atoms with van der Waals surface area (Å²) in [6.07, 6.45) is -6.61. The third-order valence-corrected chi connectivity index (χ3v) is 1.67. The van der Waals surface area contributed by atoms with Crippen molar-refractivity contribution in [2.75, 3.05) is 0 Å². The molecule has 5 N–H and O–H groups in total. The maximum absolute atomic E-state index is 10.1. The van der Waals surface area contributed by atoms with Crippen molar-refractivity contribution in [1.29, 1.82) is 0 Å². The first-order valence-electron chi connectivity index (χ1n) is 4.52. The zero-order chi connectivity index (χ0) is 12.0. The van der Waals surface area contributed by atoms with Crippen LogP contribution in [0.3, 0.4) is 0 Å². The summed E-state index contributed by atoms with van der Waals surface area (Å²) >= 11 is 0. The number of carbonyl (C=O) groups excluding carboxylic acids is 1. The standard InChI is InChI=1S/C8H14O6/c1-2-4(10)6(12)8(14)7(13)5(11)3-9/h2-3,5-8,10-14H,1H3/t5-,6+,7+,8+/m0/s1/i1D. The van der Waals surface area contributed by atoms with Crippen molar-refractivity contribution >= 4 is 6.29 Å². The summed E-state index contributed by atoms with van der Waals surface area (Å²) in [5.41, 5.74) is 0. The molecule has 0 aromatic rings. The van der Waals surface area contributed by atoms with Crippen molar-refractivity contribution in [2.24, 2.45) is 0 Å². The molecule has 6 nitrogen and oxygen atoms in total. The van der Waals surface area contributed by atoms with Crippen LogP contribution in [0.2, 0.25) is 0 Å². The number of allylic oxidation sites excluding steroid dienone is 1. The molecule has 14 heavy (non-hydrogen) atoms. The van der Waals surface area contributed by atoms with E-state index < -0.39 is 30.2 Å². The lowest BCUT2D eigenvalue weighted by molar-refractivity contribution is -0.132. The normalized spacial score (nSPS) is 22.0. The first-order chi connectivity index (χ1) is 6.95. The molecule has 0 aromatic heterocycles. The highest BCUT2D eigenvalue weighted by molar-refractivity contribution is 5.56. The van der Waals surface area contributed by atoms with E-state index in [0.717, 1.165) is 6.08 Å². The van der Waals surface area contributed by atoms with E-state index in [1.807, 2.05) is 0 Å². The summed E-state index contributed by atoms with van der Waals surface area (Å²) < 4.78 is 6.70. The van der Waals surface area contributed by atoms with Gasteiger partial charge in [0.2, 0.25) is 0 Å². The molecule has 0 aliphatic carbocycles. The smallest absolute Gasteiger partial charge is 0.151 e. The largest absolute Gasteiger partial charge is 0.510 e. The molecule has 0 saturated carbocycles. The number of aldehydes is 1. The molecule has 0 aliphatic rings. The molecule has 0 aliphatic heterocycles. The predicted octanol–water partition coefficient (Wildman–Crippen LogP) is -1.91. The average molecular weight is 207 g/mol. The fraction of sp³-hybridized carbons (Fsp3) is 0.625. The lowest BCUT2D eigenvalue weighted by Gasteiger charge is -2.23. The maximum Gasteiger partial charge on any atom is 0.151 e. The Labute approximate surface area is 82.1 Å². The number of aliphatic hydroxyl groups excluding tert-OH is 5. The van der Waals surface area contributed by atoms with Crippen LogP contribution in [0.4, 0.5) is 0 Å². The zero-order valence-corrected chi connectivity index (χ0v) is 7.32. The highest BCUT2D eigenvalue weighted by atomic mass is 16.4. The molecule has 0 unspecified atom stereocenters. The van der Waals surface area contributed by atoms with Crippen LogP contribution < -0.4 is 0 Å². The van der Waals surface area contributed by atoms with Gasteiger partial charge in [-0.1, -0.05) is 0 Å². The van der Waals surface area contributed by atoms with Gasteiger partial charge in [0.1, 0.15) is 30.2 Å². The Hall–Kier alpha value is -0.950. The minimum Gasteiger partial charge on any atom is -0.510 e. The fourth-order valence-corrected chi connectivity index (χ4v) is 0.765. The lowest BCUT2D eigenvalue weighted by Crippen LogP contribution is -2.45. The highest BCUT2D eigenvalue weighted by Crippen LogP contribution is 2.09. The summed E-state index contributed by atoms with van der Waals surface area (Å²) in [5, 5.41) is 45.4. The fourth-order valence-electron chi connectivity index (χ4n) is 0.765. The third kappa shape index (κ3) is 3.08. The van der Waals surface area contributed by atoms with Gasteiger partial charge < -0.3 is 30.3 Å². The molecule has 0 radical (unpaired) electrons. The van der Waals surface area contributed by atoms with Gasteiger partial charge in [-0.3, -0.25) is 0 Å². The van der Waals surface area contributed by atoms with E-state index in [4.69, 9.17) is 16.7 Å². The van der Waals surface area contributed by atoms with E-state index in [-0.39, 0.29) is 13.2 Å². The van der Waals surface area contributed by atoms with Crippen LogP contribution in [0.15, 0.2) is 11.8 Å². The van der Waals surface area contributed by atoms with E-state index in [2.05, 4.69) is 0 Å². The van der Waals surface area contributed by atoms with Crippen LogP contribution in [-0.2, 0) is 4.79 Å². The topological polar surface area (TPSA) is 118 Å². The van der Waals surface area contributed by atoms with E-state index in [0.29, 0.717) is 0 Å². The summed E-state index contributed by atoms with van der Waals surface area (Å²) in [5.74, 6) is -0.699. The molecular formula is C8H14O6. The van der Waals surface area contributed by atoms with E-state index in [1.54, 1.807) is 0 Å². The number of rotatable bonds is 5. The highest BCUT2D eigenvalue weighted by Gasteiger charge is 2.31. The number of hydrogen-bond acceptors (Lipinski definition) is 6. The molecule has 0 rings (SSSR count). The third-order valence-electron chi connectivity index (χ3n) is 1.67. The molecule has 0 heterocycles. The van der Waals surface area contributed by atoms with Gasteiger partial charge in [0.05, 0.1) is 0 Å². The van der Waals surface area contributed by atoms with E-state index in [1.165, 1.54) is 0 Å². The van der Waals surface area contributed by atoms with Crippen LogP contribution in [0, 0.1) is 0 Å². The van der Waals surface area contributed by atoms with Crippen LogP contribution in [-0.4, -0.2) is 56.2 Å². The monoisotopic (exact) mass is 207 g/mol. The second-order valence-corrected chi connectivity index (χ2v) is 2.68. The van der Waals surface area contributed by atoms with Gasteiger partial charge in [-0.15, -0.1) is 0 Å². The summed E-state index contributed by atoms with van der Waals surface area (Å²) in [4.78, 5) is 10.1. The second-order valence-electron chi connectivity index (χ2n) is 2.68. The van der Waals surface area contributed by atoms with Gasteiger partial charge in [0.25, 0.3) is 0 Å². The van der Waals surface area contributed by atoms with Crippen molar-refractivity contribution in [2.45, 2.75) is 31.3 Å². The summed E-state index contributed by atoms with van der Waals surface area (Å²) in [7, 11) is 0. The van der Waals surface area contributed by atoms with Gasteiger partial charge in [0, 0.05) is 1.37 Å². The Morgan fingerprint density at radius 1 is 1.29 bits per heavy atom. The van der Waals surface area contributed by atoms with Gasteiger partial charge in [-0.25, -0.2) is 0 Å². The number of aliphatic hydroxyl groups is 5. The van der Waals surface area contributed by atoms with Crippen molar-refractivity contribution in [3.63, 3.8) is 0 Å². The van der Waals surface area contributed by atoms with Gasteiger partial charge in [-0.2, -0.15) is 0 Å². The molecule has 0 bridgehead atoms. The molecular weight excluding hydrogens is 192 g/mol. The van der Waals surface area contributed by atoms with Crippen LogP contribution >= 0.6 is 0 Å². The minimum atomic E-state index is -1.91. The molecule has 6 heteroatoms. The molecule has 0 spiro atoms. The van der Waals surface area contributed by atoms with Gasteiger partial charge in [-0.05, 0) is 13.0 Å². The summed E-state index contributed by atoms with van der Waals surface area (Å²) in [6, 6.07) is 0. The Kier molecular flexibility index (Phi) is 4.54. The molecule has 82 valence electrons. The molecule has 4 atom stereocenters. The Morgan fingerprint density at radius 3 is 2.29 bits per heavy atom. The van der Waals surface area contributed by atoms with Crippen LogP contribution in [0.5, 0.6) is 0 Å². The predicted molar refractivity (Wildman–Crippen MR) is 46.5 cm³/mol. The summed E-state index contributed by atoms with van der Waals surface area (Å²) in [6.45, 7) is -0.318. The maximum atomic E-state index is 10.1. The SMILES string of the molecule is [2H]CC=C(O)[C@@H](O)[C@@H](O)[C@H](O)[C@@H](O)C=O. The van der Waals surface area contributed by atoms with Gasteiger partial charge >= 0.3 is 0 Å². The van der Waals surface area contributed by atoms with Crippen molar-refractivity contribution in [3.05, 3.63) is 11.8 Å². The number of hydrogen-bond donors (Lipinski definition) is 5. The number of carbonyl (C=O) groups is 1. The molecule has 0 fully saturated rings. The molecule has 0 amide bonds. The van der Waals surface area contributed by atoms with Crippen LogP contribution in [0.1, 0.15) is 8.27 Å². The average Bonchev–Trinajstić information content (AvgIpc) is 2.25. The van der Waals surface area contributed by atoms with Crippen molar-refractivity contribution < 1.29 is 31.7 Å². The Balaban J connectivity index is 4.49. The molecule has 0 saturated heterocycles. The quantitative estimate of drug-likeness (QED) is 0.265. The van der Waals surface area contributed by atoms with E-state index in [9.17, 15) is 15.0 Å². The van der Waals surface area contributed by atoms with Crippen LogP contribution in [0.25, 0.3) is 0 Å². The van der Waals surface area contributed by atoms with Crippen molar-refractivity contribution in [1.82, 2.24) is 0 Å². The first-order valence-corrected chi connectivity index (χ1v) is 3.81. The Bertz CT molecular complexity index is 231. The lowest BCUT2D eigenvalue weighted by atomic mass is 10.0. The minimum absolute atomic E-state index is 0.00808. The van der Waals surface area contributed by atoms with Gasteiger partial charge in [0.15, 0.2) is 6.29 Å². The van der Waals surface area contributed by atoms with E-state index >= 15 is 0 Å². The second kappa shape index (κ2) is 5.71. The first kappa shape index (κ1) is 11.1. The van der Waals surface area contributed by atoms with Crippen molar-refractivity contribution in [3.8, 4) is 0 Å². The Morgan fingerprint density at radius 2 is 1.86 bits per heavy atom. The molecule has 0 aromatic carbocycles. The zero-order valence-electron chi connectivity index (χ0n) is 8.32.